The normalized spacial score (nSPS) is 34.5. The SMILES string of the molecule is C[C@]12CCC3c4ccc(O)cc4C(=O)C(Sc4ccc(Br)cc4)C3C1CCC2O.[Ac]. The molecule has 0 spiro atoms. The van der Waals surface area contributed by atoms with Crippen LogP contribution >= 0.6 is 27.7 Å². The molecule has 5 rings (SSSR count). The van der Waals surface area contributed by atoms with Crippen molar-refractivity contribution in [1.82, 2.24) is 0 Å². The van der Waals surface area contributed by atoms with Crippen molar-refractivity contribution in [3.63, 3.8) is 0 Å². The van der Waals surface area contributed by atoms with Gasteiger partial charge in [0.15, 0.2) is 5.78 Å². The quantitative estimate of drug-likeness (QED) is 0.418. The van der Waals surface area contributed by atoms with Gasteiger partial charge in [-0.05, 0) is 90.8 Å². The molecule has 6 atom stereocenters. The third-order valence-corrected chi connectivity index (χ3v) is 9.52. The molecule has 3 aliphatic carbocycles. The largest absolute Gasteiger partial charge is 0.508 e. The van der Waals surface area contributed by atoms with Gasteiger partial charge in [-0.25, -0.2) is 0 Å². The van der Waals surface area contributed by atoms with Crippen LogP contribution in [-0.2, 0) is 0 Å². The molecule has 2 aromatic rings. The minimum Gasteiger partial charge on any atom is -0.508 e. The Hall–Kier alpha value is 0.142. The first kappa shape index (κ1) is 23.3. The van der Waals surface area contributed by atoms with Crippen molar-refractivity contribution < 1.29 is 59.1 Å². The van der Waals surface area contributed by atoms with Gasteiger partial charge in [0.25, 0.3) is 0 Å². The van der Waals surface area contributed by atoms with Crippen molar-refractivity contribution in [3.8, 4) is 5.75 Å². The number of fused-ring (bicyclic) bond motifs is 5. The van der Waals surface area contributed by atoms with Crippen molar-refractivity contribution in [1.29, 1.82) is 0 Å². The summed E-state index contributed by atoms with van der Waals surface area (Å²) in [5.74, 6) is 1.13. The number of phenolic OH excluding ortho intramolecular Hbond substituents is 1. The molecule has 0 heterocycles. The molecule has 0 aliphatic heterocycles. The summed E-state index contributed by atoms with van der Waals surface area (Å²) < 4.78 is 1.02. The number of rotatable bonds is 2. The van der Waals surface area contributed by atoms with Gasteiger partial charge in [0.2, 0.25) is 0 Å². The number of phenols is 1. The van der Waals surface area contributed by atoms with Crippen molar-refractivity contribution in [2.24, 2.45) is 17.3 Å². The number of aromatic hydroxyl groups is 1. The summed E-state index contributed by atoms with van der Waals surface area (Å²) in [6.45, 7) is 2.23. The van der Waals surface area contributed by atoms with Gasteiger partial charge in [-0.15, -0.1) is 11.8 Å². The van der Waals surface area contributed by atoms with Crippen LogP contribution in [0.1, 0.15) is 54.4 Å². The second-order valence-electron chi connectivity index (χ2n) is 9.06. The number of benzene rings is 2. The Labute approximate surface area is 226 Å². The monoisotopic (exact) mass is 699 g/mol. The fraction of sp³-hybridized carbons (Fsp3) is 0.458. The molecule has 2 aromatic carbocycles. The molecule has 3 aliphatic rings. The smallest absolute Gasteiger partial charge is 0.176 e. The van der Waals surface area contributed by atoms with Crippen molar-refractivity contribution >= 4 is 33.5 Å². The fourth-order valence-electron chi connectivity index (χ4n) is 6.15. The van der Waals surface area contributed by atoms with E-state index >= 15 is 0 Å². The van der Waals surface area contributed by atoms with E-state index in [1.807, 2.05) is 18.2 Å². The van der Waals surface area contributed by atoms with E-state index in [1.165, 1.54) is 0 Å². The molecule has 0 saturated heterocycles. The predicted octanol–water partition coefficient (Wildman–Crippen LogP) is 5.78. The predicted molar refractivity (Wildman–Crippen MR) is 119 cm³/mol. The van der Waals surface area contributed by atoms with E-state index in [0.29, 0.717) is 17.4 Å². The van der Waals surface area contributed by atoms with Gasteiger partial charge in [-0.2, -0.15) is 0 Å². The maximum Gasteiger partial charge on any atom is 0.176 e. The zero-order chi connectivity index (χ0) is 20.3. The molecular formula is C24H25AcBrO3S. The average Bonchev–Trinajstić information content (AvgIpc) is 3.01. The Morgan fingerprint density at radius 2 is 1.83 bits per heavy atom. The number of thioether (sulfide) groups is 1. The summed E-state index contributed by atoms with van der Waals surface area (Å²) in [6, 6.07) is 13.5. The number of ketones is 1. The Morgan fingerprint density at radius 3 is 2.57 bits per heavy atom. The first-order chi connectivity index (χ1) is 13.9. The first-order valence-corrected chi connectivity index (χ1v) is 12.0. The van der Waals surface area contributed by atoms with E-state index in [1.54, 1.807) is 23.9 Å². The number of Topliss-reactive ketones (excluding diaryl/α,β-unsaturated/α-hetero) is 1. The minimum atomic E-state index is -0.275. The number of aliphatic hydroxyl groups excluding tert-OH is 1. The molecule has 155 valence electrons. The summed E-state index contributed by atoms with van der Waals surface area (Å²) in [5, 5.41) is 20.6. The fourth-order valence-corrected chi connectivity index (χ4v) is 7.77. The average molecular weight is 700 g/mol. The van der Waals surface area contributed by atoms with Gasteiger partial charge in [0.1, 0.15) is 5.75 Å². The number of aliphatic hydroxyl groups is 1. The van der Waals surface area contributed by atoms with Crippen molar-refractivity contribution in [2.75, 3.05) is 0 Å². The maximum absolute atomic E-state index is 13.7. The van der Waals surface area contributed by atoms with E-state index in [2.05, 4.69) is 35.0 Å². The van der Waals surface area contributed by atoms with Gasteiger partial charge in [-0.1, -0.05) is 28.9 Å². The van der Waals surface area contributed by atoms with Crippen LogP contribution in [0.25, 0.3) is 0 Å². The first-order valence-electron chi connectivity index (χ1n) is 10.4. The molecule has 2 fully saturated rings. The second-order valence-corrected chi connectivity index (χ2v) is 11.2. The number of halogens is 1. The summed E-state index contributed by atoms with van der Waals surface area (Å²) in [6.07, 6.45) is 3.51. The molecule has 2 saturated carbocycles. The van der Waals surface area contributed by atoms with Crippen LogP contribution in [0.15, 0.2) is 51.8 Å². The summed E-state index contributed by atoms with van der Waals surface area (Å²) in [5.41, 5.74) is 1.67. The molecule has 1 radical (unpaired) electrons. The van der Waals surface area contributed by atoms with E-state index in [9.17, 15) is 15.0 Å². The zero-order valence-corrected chi connectivity index (χ0v) is 24.1. The molecule has 0 bridgehead atoms. The summed E-state index contributed by atoms with van der Waals surface area (Å²) in [7, 11) is 0. The van der Waals surface area contributed by atoms with E-state index in [4.69, 9.17) is 0 Å². The number of hydrogen-bond acceptors (Lipinski definition) is 4. The van der Waals surface area contributed by atoms with E-state index in [0.717, 1.165) is 40.6 Å². The standard InChI is InChI=1S/C24H25BrO3S.Ac/c1-24-11-10-17-16-7-4-14(26)12-18(16)22(28)23(21(17)19(24)8-9-20(24)27)29-15-5-2-13(25)3-6-15;/h2-7,12,17,19-21,23,26-27H,8-11H2,1H3;/t17?,19?,20?,21?,23?,24-;/m0./s1. The Bertz CT molecular complexity index is 965. The van der Waals surface area contributed by atoms with Crippen molar-refractivity contribution in [3.05, 3.63) is 58.1 Å². The molecule has 30 heavy (non-hydrogen) atoms. The molecule has 6 heteroatoms. The summed E-state index contributed by atoms with van der Waals surface area (Å²) in [4.78, 5) is 14.7. The zero-order valence-electron chi connectivity index (χ0n) is 16.9. The second kappa shape index (κ2) is 8.82. The third kappa shape index (κ3) is 3.77. The van der Waals surface area contributed by atoms with Crippen LogP contribution in [0, 0.1) is 61.3 Å². The maximum atomic E-state index is 13.7. The summed E-state index contributed by atoms with van der Waals surface area (Å²) >= 11 is 5.14. The van der Waals surface area contributed by atoms with Gasteiger partial charge < -0.3 is 10.2 Å². The van der Waals surface area contributed by atoms with Crippen LogP contribution in [-0.4, -0.2) is 27.4 Å². The third-order valence-electron chi connectivity index (χ3n) is 7.67. The van der Waals surface area contributed by atoms with E-state index < -0.39 is 0 Å². The molecule has 0 aromatic heterocycles. The molecule has 2 N–H and O–H groups in total. The van der Waals surface area contributed by atoms with Crippen LogP contribution in [0.2, 0.25) is 0 Å². The Morgan fingerprint density at radius 1 is 1.10 bits per heavy atom. The van der Waals surface area contributed by atoms with Crippen LogP contribution in [0.3, 0.4) is 0 Å². The van der Waals surface area contributed by atoms with Gasteiger partial charge >= 0.3 is 0 Å². The van der Waals surface area contributed by atoms with Gasteiger partial charge in [-0.3, -0.25) is 4.79 Å². The Kier molecular flexibility index (Phi) is 6.85. The van der Waals surface area contributed by atoms with Crippen LogP contribution in [0.4, 0.5) is 0 Å². The van der Waals surface area contributed by atoms with Crippen molar-refractivity contribution in [2.45, 2.75) is 54.8 Å². The van der Waals surface area contributed by atoms with Gasteiger partial charge in [0, 0.05) is 59.0 Å². The Balaban J connectivity index is 0.00000218. The molecule has 0 amide bonds. The molecular weight excluding hydrogens is 675 g/mol. The molecule has 3 nitrogen and oxygen atoms in total. The number of carbonyl (C=O) groups excluding carboxylic acids is 1. The topological polar surface area (TPSA) is 57.5 Å². The number of hydrogen-bond donors (Lipinski definition) is 2. The molecule has 5 unspecified atom stereocenters. The van der Waals surface area contributed by atoms with Gasteiger partial charge in [0.05, 0.1) is 11.4 Å². The minimum absolute atomic E-state index is 0. The number of carbonyl (C=O) groups is 1. The van der Waals surface area contributed by atoms with E-state index in [-0.39, 0.29) is 78.3 Å². The van der Waals surface area contributed by atoms with Crippen LogP contribution < -0.4 is 0 Å². The van der Waals surface area contributed by atoms with Crippen LogP contribution in [0.5, 0.6) is 5.75 Å².